The minimum Gasteiger partial charge on any atom is -0.511 e. The summed E-state index contributed by atoms with van der Waals surface area (Å²) in [6.45, 7) is 1.99. The number of aliphatic hydroxyl groups excluding tert-OH is 1. The summed E-state index contributed by atoms with van der Waals surface area (Å²) in [7, 11) is 3.09. The molecule has 0 aromatic heterocycles. The van der Waals surface area contributed by atoms with Crippen LogP contribution in [0.2, 0.25) is 0 Å². The lowest BCUT2D eigenvalue weighted by Crippen LogP contribution is -2.15. The molecule has 5 heteroatoms. The number of aliphatic hydroxyl groups is 1. The van der Waals surface area contributed by atoms with Crippen molar-refractivity contribution in [3.05, 3.63) is 29.0 Å². The zero-order valence-electron chi connectivity index (χ0n) is 11.9. The Morgan fingerprint density at radius 2 is 1.85 bits per heavy atom. The van der Waals surface area contributed by atoms with E-state index in [2.05, 4.69) is 0 Å². The van der Waals surface area contributed by atoms with Crippen molar-refractivity contribution in [3.63, 3.8) is 0 Å². The molecule has 0 amide bonds. The summed E-state index contributed by atoms with van der Waals surface area (Å²) in [4.78, 5) is 12.0. The highest BCUT2D eigenvalue weighted by Gasteiger charge is 2.27. The summed E-state index contributed by atoms with van der Waals surface area (Å²) in [5, 5.41) is 10.0. The van der Waals surface area contributed by atoms with E-state index in [0.29, 0.717) is 29.9 Å². The van der Waals surface area contributed by atoms with E-state index in [9.17, 15) is 9.90 Å². The number of aryl methyl sites for hydroxylation is 1. The van der Waals surface area contributed by atoms with Gasteiger partial charge in [-0.15, -0.1) is 0 Å². The van der Waals surface area contributed by atoms with Gasteiger partial charge in [-0.2, -0.15) is 0 Å². The molecule has 0 unspecified atom stereocenters. The molecule has 20 heavy (non-hydrogen) atoms. The maximum Gasteiger partial charge on any atom is 0.342 e. The third-order valence-corrected chi connectivity index (χ3v) is 3.28. The van der Waals surface area contributed by atoms with Crippen molar-refractivity contribution in [1.82, 2.24) is 0 Å². The Hall–Kier alpha value is -2.17. The van der Waals surface area contributed by atoms with Crippen LogP contribution in [0.1, 0.15) is 24.5 Å². The van der Waals surface area contributed by atoms with Gasteiger partial charge in [0.1, 0.15) is 11.3 Å². The van der Waals surface area contributed by atoms with Crippen molar-refractivity contribution >= 4 is 11.5 Å². The third-order valence-electron chi connectivity index (χ3n) is 3.28. The molecule has 0 heterocycles. The highest BCUT2D eigenvalue weighted by Crippen LogP contribution is 2.38. The molecule has 0 saturated carbocycles. The maximum absolute atomic E-state index is 12.0. The van der Waals surface area contributed by atoms with Gasteiger partial charge in [0.15, 0.2) is 11.5 Å². The van der Waals surface area contributed by atoms with Crippen molar-refractivity contribution in [2.24, 2.45) is 0 Å². The molecule has 2 rings (SSSR count). The van der Waals surface area contributed by atoms with Crippen LogP contribution >= 0.6 is 0 Å². The van der Waals surface area contributed by atoms with Crippen molar-refractivity contribution < 1.29 is 24.1 Å². The van der Waals surface area contributed by atoms with Gasteiger partial charge >= 0.3 is 5.97 Å². The van der Waals surface area contributed by atoms with Crippen LogP contribution < -0.4 is 9.47 Å². The minimum absolute atomic E-state index is 0.0585. The molecule has 0 saturated heterocycles. The maximum atomic E-state index is 12.0. The molecule has 1 aromatic carbocycles. The minimum atomic E-state index is -0.516. The van der Waals surface area contributed by atoms with Crippen LogP contribution in [0.5, 0.6) is 11.5 Å². The Kier molecular flexibility index (Phi) is 4.17. The zero-order valence-corrected chi connectivity index (χ0v) is 11.9. The van der Waals surface area contributed by atoms with E-state index in [4.69, 9.17) is 14.2 Å². The van der Waals surface area contributed by atoms with Crippen molar-refractivity contribution in [2.75, 3.05) is 20.8 Å². The van der Waals surface area contributed by atoms with Crippen molar-refractivity contribution in [2.45, 2.75) is 19.8 Å². The average molecular weight is 278 g/mol. The molecule has 1 aromatic rings. The first-order valence-electron chi connectivity index (χ1n) is 6.46. The number of benzene rings is 1. The number of fused-ring (bicyclic) bond motifs is 1. The topological polar surface area (TPSA) is 65.0 Å². The number of rotatable bonds is 4. The number of methoxy groups -OCH3 is 2. The van der Waals surface area contributed by atoms with Gasteiger partial charge in [-0.25, -0.2) is 4.79 Å². The van der Waals surface area contributed by atoms with E-state index >= 15 is 0 Å². The molecule has 108 valence electrons. The SMILES string of the molecule is CCOC(=O)C1=C(O)CCc2cc(OC)c(OC)cc21. The standard InChI is InChI=1S/C15H18O5/c1-4-20-15(17)14-10-8-13(19-3)12(18-2)7-9(10)5-6-11(14)16/h7-8,16H,4-6H2,1-3H3. The molecule has 1 aliphatic carbocycles. The molecule has 1 aliphatic rings. The molecule has 0 bridgehead atoms. The fraction of sp³-hybridized carbons (Fsp3) is 0.400. The fourth-order valence-corrected chi connectivity index (χ4v) is 2.33. The van der Waals surface area contributed by atoms with E-state index in [1.807, 2.05) is 6.07 Å². The quantitative estimate of drug-likeness (QED) is 0.857. The van der Waals surface area contributed by atoms with Gasteiger partial charge in [0.25, 0.3) is 0 Å². The summed E-state index contributed by atoms with van der Waals surface area (Å²) < 4.78 is 15.5. The van der Waals surface area contributed by atoms with E-state index in [0.717, 1.165) is 5.56 Å². The average Bonchev–Trinajstić information content (AvgIpc) is 2.45. The highest BCUT2D eigenvalue weighted by molar-refractivity contribution is 6.18. The molecule has 5 nitrogen and oxygen atoms in total. The number of carbonyl (C=O) groups excluding carboxylic acids is 1. The van der Waals surface area contributed by atoms with Crippen LogP contribution in [0.4, 0.5) is 0 Å². The molecule has 0 fully saturated rings. The van der Waals surface area contributed by atoms with Gasteiger partial charge in [0.2, 0.25) is 0 Å². The van der Waals surface area contributed by atoms with Crippen LogP contribution in [0.15, 0.2) is 17.9 Å². The van der Waals surface area contributed by atoms with Crippen LogP contribution in [-0.2, 0) is 16.0 Å². The first kappa shape index (κ1) is 14.2. The van der Waals surface area contributed by atoms with Gasteiger partial charge in [0.05, 0.1) is 20.8 Å². The second-order valence-corrected chi connectivity index (χ2v) is 4.41. The number of hydrogen-bond acceptors (Lipinski definition) is 5. The smallest absolute Gasteiger partial charge is 0.342 e. The molecule has 0 spiro atoms. The van der Waals surface area contributed by atoms with Gasteiger partial charge in [0, 0.05) is 6.42 Å². The highest BCUT2D eigenvalue weighted by atomic mass is 16.5. The van der Waals surface area contributed by atoms with E-state index in [-0.39, 0.29) is 17.9 Å². The Bertz CT molecular complexity index is 560. The van der Waals surface area contributed by atoms with E-state index < -0.39 is 5.97 Å². The van der Waals surface area contributed by atoms with E-state index in [1.54, 1.807) is 20.1 Å². The molecule has 0 radical (unpaired) electrons. The third kappa shape index (κ3) is 2.43. The lowest BCUT2D eigenvalue weighted by atomic mass is 9.89. The lowest BCUT2D eigenvalue weighted by molar-refractivity contribution is -0.136. The van der Waals surface area contributed by atoms with Crippen molar-refractivity contribution in [1.29, 1.82) is 0 Å². The predicted molar refractivity (Wildman–Crippen MR) is 74.0 cm³/mol. The number of carbonyl (C=O) groups is 1. The zero-order chi connectivity index (χ0) is 14.7. The normalized spacial score (nSPS) is 13.8. The molecular weight excluding hydrogens is 260 g/mol. The first-order valence-corrected chi connectivity index (χ1v) is 6.46. The Morgan fingerprint density at radius 1 is 1.20 bits per heavy atom. The molecular formula is C15H18O5. The first-order chi connectivity index (χ1) is 9.62. The second kappa shape index (κ2) is 5.86. The van der Waals surface area contributed by atoms with Crippen LogP contribution in [0.3, 0.4) is 0 Å². The lowest BCUT2D eigenvalue weighted by Gasteiger charge is -2.21. The monoisotopic (exact) mass is 278 g/mol. The second-order valence-electron chi connectivity index (χ2n) is 4.41. The number of allylic oxidation sites excluding steroid dienone is 1. The predicted octanol–water partition coefficient (Wildman–Crippen LogP) is 2.48. The molecule has 0 atom stereocenters. The summed E-state index contributed by atoms with van der Waals surface area (Å²) in [6, 6.07) is 3.54. The molecule has 1 N–H and O–H groups in total. The Morgan fingerprint density at radius 3 is 2.45 bits per heavy atom. The van der Waals surface area contributed by atoms with E-state index in [1.165, 1.54) is 7.11 Å². The fourth-order valence-electron chi connectivity index (χ4n) is 2.33. The van der Waals surface area contributed by atoms with Crippen LogP contribution in [-0.4, -0.2) is 31.9 Å². The summed E-state index contributed by atoms with van der Waals surface area (Å²) in [5.74, 6) is 0.667. The van der Waals surface area contributed by atoms with Gasteiger partial charge in [-0.05, 0) is 36.6 Å². The summed E-state index contributed by atoms with van der Waals surface area (Å²) in [6.07, 6.45) is 1.06. The number of hydrogen-bond donors (Lipinski definition) is 1. The molecule has 0 aliphatic heterocycles. The van der Waals surface area contributed by atoms with Gasteiger partial charge < -0.3 is 19.3 Å². The Balaban J connectivity index is 2.55. The van der Waals surface area contributed by atoms with Crippen molar-refractivity contribution in [3.8, 4) is 11.5 Å². The van der Waals surface area contributed by atoms with Crippen LogP contribution in [0.25, 0.3) is 5.57 Å². The summed E-state index contributed by atoms with van der Waals surface area (Å²) in [5.41, 5.74) is 1.79. The number of ether oxygens (including phenoxy) is 3. The van der Waals surface area contributed by atoms with Gasteiger partial charge in [-0.3, -0.25) is 0 Å². The largest absolute Gasteiger partial charge is 0.511 e. The summed E-state index contributed by atoms with van der Waals surface area (Å²) >= 11 is 0. The van der Waals surface area contributed by atoms with Crippen LogP contribution in [0, 0.1) is 0 Å². The van der Waals surface area contributed by atoms with Gasteiger partial charge in [-0.1, -0.05) is 0 Å². The number of esters is 1. The Labute approximate surface area is 117 Å².